The van der Waals surface area contributed by atoms with Gasteiger partial charge in [0, 0.05) is 31.9 Å². The van der Waals surface area contributed by atoms with Crippen LogP contribution in [0.5, 0.6) is 0 Å². The fourth-order valence-electron chi connectivity index (χ4n) is 2.27. The van der Waals surface area contributed by atoms with Crippen molar-refractivity contribution < 1.29 is 13.6 Å². The van der Waals surface area contributed by atoms with Crippen molar-refractivity contribution in [2.24, 2.45) is 10.9 Å². The van der Waals surface area contributed by atoms with Crippen LogP contribution in [0.3, 0.4) is 0 Å². The Morgan fingerprint density at radius 1 is 1.33 bits per heavy atom. The van der Waals surface area contributed by atoms with Gasteiger partial charge in [0.2, 0.25) is 10.0 Å². The summed E-state index contributed by atoms with van der Waals surface area (Å²) < 4.78 is 24.5. The highest BCUT2D eigenvalue weighted by molar-refractivity contribution is 7.88. The Kier molecular flexibility index (Phi) is 4.33. The summed E-state index contributed by atoms with van der Waals surface area (Å²) in [4.78, 5) is 6.39. The Labute approximate surface area is 123 Å². The molecule has 0 saturated carbocycles. The number of aryl methyl sites for hydroxylation is 1. The van der Waals surface area contributed by atoms with E-state index in [1.807, 2.05) is 11.8 Å². The maximum absolute atomic E-state index is 11.5. The van der Waals surface area contributed by atoms with Gasteiger partial charge in [0.05, 0.1) is 11.8 Å². The van der Waals surface area contributed by atoms with Crippen LogP contribution in [0.2, 0.25) is 0 Å². The molecule has 1 aliphatic rings. The van der Waals surface area contributed by atoms with Gasteiger partial charge in [0.25, 0.3) is 0 Å². The second-order valence-electron chi connectivity index (χ2n) is 4.96. The predicted octanol–water partition coefficient (Wildman–Crippen LogP) is -0.434. The number of oxime groups is 1. The normalized spacial score (nSPS) is 18.0. The summed E-state index contributed by atoms with van der Waals surface area (Å²) in [5, 5.41) is 11.9. The first-order chi connectivity index (χ1) is 9.82. The Balaban J connectivity index is 2.26. The summed E-state index contributed by atoms with van der Waals surface area (Å²) >= 11 is 0. The van der Waals surface area contributed by atoms with Crippen LogP contribution < -0.4 is 10.6 Å². The van der Waals surface area contributed by atoms with Gasteiger partial charge in [-0.3, -0.25) is 0 Å². The average Bonchev–Trinajstić information content (AvgIpc) is 2.45. The maximum Gasteiger partial charge on any atom is 0.211 e. The zero-order chi connectivity index (χ0) is 15.6. The lowest BCUT2D eigenvalue weighted by Gasteiger charge is -2.34. The number of amidine groups is 1. The molecule has 1 aromatic rings. The highest BCUT2D eigenvalue weighted by Gasteiger charge is 2.26. The zero-order valence-corrected chi connectivity index (χ0v) is 12.8. The molecule has 0 spiro atoms. The van der Waals surface area contributed by atoms with Crippen LogP contribution in [0.4, 0.5) is 5.82 Å². The molecule has 0 aromatic carbocycles. The lowest BCUT2D eigenvalue weighted by Crippen LogP contribution is -2.49. The van der Waals surface area contributed by atoms with Gasteiger partial charge in [-0.15, -0.1) is 0 Å². The third-order valence-electron chi connectivity index (χ3n) is 3.41. The maximum atomic E-state index is 11.5. The van der Waals surface area contributed by atoms with Crippen LogP contribution in [0.1, 0.15) is 11.3 Å². The number of hydrogen-bond acceptors (Lipinski definition) is 6. The molecule has 1 saturated heterocycles. The summed E-state index contributed by atoms with van der Waals surface area (Å²) in [5.74, 6) is 0.599. The van der Waals surface area contributed by atoms with Crippen LogP contribution in [0, 0.1) is 6.92 Å². The molecule has 0 radical (unpaired) electrons. The van der Waals surface area contributed by atoms with Crippen LogP contribution in [0.15, 0.2) is 17.3 Å². The minimum absolute atomic E-state index is 0.0111. The monoisotopic (exact) mass is 313 g/mol. The van der Waals surface area contributed by atoms with Crippen LogP contribution >= 0.6 is 0 Å². The van der Waals surface area contributed by atoms with E-state index >= 15 is 0 Å². The van der Waals surface area contributed by atoms with Crippen molar-refractivity contribution in [2.75, 3.05) is 37.3 Å². The molecule has 116 valence electrons. The highest BCUT2D eigenvalue weighted by Crippen LogP contribution is 2.20. The van der Waals surface area contributed by atoms with Crippen molar-refractivity contribution >= 4 is 21.7 Å². The van der Waals surface area contributed by atoms with Gasteiger partial charge < -0.3 is 15.8 Å². The molecule has 3 N–H and O–H groups in total. The number of piperazine rings is 1. The smallest absolute Gasteiger partial charge is 0.211 e. The lowest BCUT2D eigenvalue weighted by molar-refractivity contribution is 0.318. The van der Waals surface area contributed by atoms with Gasteiger partial charge in [-0.25, -0.2) is 13.4 Å². The summed E-state index contributed by atoms with van der Waals surface area (Å²) in [6.45, 7) is 3.66. The van der Waals surface area contributed by atoms with Crippen molar-refractivity contribution in [1.29, 1.82) is 0 Å². The molecule has 2 rings (SSSR count). The first-order valence-electron chi connectivity index (χ1n) is 6.48. The summed E-state index contributed by atoms with van der Waals surface area (Å²) in [5.41, 5.74) is 7.02. The second kappa shape index (κ2) is 5.86. The van der Waals surface area contributed by atoms with Crippen LogP contribution in [-0.2, 0) is 10.0 Å². The van der Waals surface area contributed by atoms with E-state index in [0.717, 1.165) is 5.69 Å². The highest BCUT2D eigenvalue weighted by atomic mass is 32.2. The first kappa shape index (κ1) is 15.5. The van der Waals surface area contributed by atoms with Crippen LogP contribution in [-0.4, -0.2) is 61.2 Å². The molecule has 0 atom stereocenters. The average molecular weight is 313 g/mol. The SMILES string of the molecule is Cc1ccc(C(N)=NO)c(N2CCN(S(C)(=O)=O)CC2)n1. The van der Waals surface area contributed by atoms with Gasteiger partial charge in [-0.1, -0.05) is 5.16 Å². The number of aromatic nitrogens is 1. The van der Waals surface area contributed by atoms with Gasteiger partial charge in [-0.05, 0) is 19.1 Å². The number of nitrogens with two attached hydrogens (primary N) is 1. The molecule has 21 heavy (non-hydrogen) atoms. The van der Waals surface area contributed by atoms with Gasteiger partial charge >= 0.3 is 0 Å². The molecule has 1 aromatic heterocycles. The fourth-order valence-corrected chi connectivity index (χ4v) is 3.10. The molecule has 0 amide bonds. The first-order valence-corrected chi connectivity index (χ1v) is 8.33. The lowest BCUT2D eigenvalue weighted by atomic mass is 10.2. The molecule has 9 heteroatoms. The molecule has 0 unspecified atom stereocenters. The van der Waals surface area contributed by atoms with E-state index in [9.17, 15) is 8.42 Å². The van der Waals surface area contributed by atoms with Crippen molar-refractivity contribution in [1.82, 2.24) is 9.29 Å². The molecule has 1 aliphatic heterocycles. The molecular formula is C12H19N5O3S. The Morgan fingerprint density at radius 2 is 1.95 bits per heavy atom. The summed E-state index contributed by atoms with van der Waals surface area (Å²) in [6.07, 6.45) is 1.20. The minimum Gasteiger partial charge on any atom is -0.409 e. The standard InChI is InChI=1S/C12H19N5O3S/c1-9-3-4-10(11(13)15-18)12(14-9)16-5-7-17(8-6-16)21(2,19)20/h3-4,18H,5-8H2,1-2H3,(H2,13,15). The van der Waals surface area contributed by atoms with Gasteiger partial charge in [-0.2, -0.15) is 4.31 Å². The van der Waals surface area contributed by atoms with Crippen molar-refractivity contribution in [3.63, 3.8) is 0 Å². The van der Waals surface area contributed by atoms with E-state index in [2.05, 4.69) is 10.1 Å². The topological polar surface area (TPSA) is 112 Å². The largest absolute Gasteiger partial charge is 0.409 e. The van der Waals surface area contributed by atoms with Crippen molar-refractivity contribution in [3.05, 3.63) is 23.4 Å². The minimum atomic E-state index is -3.17. The van der Waals surface area contributed by atoms with E-state index in [1.54, 1.807) is 12.1 Å². The molecule has 0 bridgehead atoms. The molecule has 2 heterocycles. The number of pyridine rings is 1. The zero-order valence-electron chi connectivity index (χ0n) is 12.0. The molecule has 0 aliphatic carbocycles. The number of rotatable bonds is 3. The van der Waals surface area contributed by atoms with Crippen molar-refractivity contribution in [2.45, 2.75) is 6.92 Å². The van der Waals surface area contributed by atoms with E-state index in [0.29, 0.717) is 37.6 Å². The molecule has 1 fully saturated rings. The van der Waals surface area contributed by atoms with Crippen LogP contribution in [0.25, 0.3) is 0 Å². The molecule has 8 nitrogen and oxygen atoms in total. The Hall–Kier alpha value is -1.87. The van der Waals surface area contributed by atoms with Gasteiger partial charge in [0.15, 0.2) is 5.84 Å². The second-order valence-corrected chi connectivity index (χ2v) is 6.94. The number of anilines is 1. The summed E-state index contributed by atoms with van der Waals surface area (Å²) in [6, 6.07) is 3.53. The van der Waals surface area contributed by atoms with Gasteiger partial charge in [0.1, 0.15) is 5.82 Å². The predicted molar refractivity (Wildman–Crippen MR) is 80.1 cm³/mol. The van der Waals surface area contributed by atoms with Crippen molar-refractivity contribution in [3.8, 4) is 0 Å². The quantitative estimate of drug-likeness (QED) is 0.339. The molecular weight excluding hydrogens is 294 g/mol. The summed E-state index contributed by atoms with van der Waals surface area (Å²) in [7, 11) is -3.17. The van der Waals surface area contributed by atoms with E-state index in [4.69, 9.17) is 10.9 Å². The number of nitrogens with zero attached hydrogens (tertiary/aromatic N) is 4. The number of sulfonamides is 1. The Morgan fingerprint density at radius 3 is 2.48 bits per heavy atom. The third kappa shape index (κ3) is 3.42. The third-order valence-corrected chi connectivity index (χ3v) is 4.71. The van der Waals surface area contributed by atoms with E-state index < -0.39 is 10.0 Å². The number of hydrogen-bond donors (Lipinski definition) is 2. The van der Waals surface area contributed by atoms with E-state index in [1.165, 1.54) is 10.6 Å². The fraction of sp³-hybridized carbons (Fsp3) is 0.500. The Bertz CT molecular complexity index is 651. The van der Waals surface area contributed by atoms with E-state index in [-0.39, 0.29) is 5.84 Å².